The molecule has 0 aromatic rings. The van der Waals surface area contributed by atoms with E-state index >= 15 is 0 Å². The van der Waals surface area contributed by atoms with E-state index in [9.17, 15) is 0 Å². The molecule has 21 heavy (non-hydrogen) atoms. The van der Waals surface area contributed by atoms with E-state index in [1.807, 2.05) is 0 Å². The van der Waals surface area contributed by atoms with Crippen LogP contribution in [0, 0.1) is 23.2 Å². The van der Waals surface area contributed by atoms with Crippen molar-refractivity contribution >= 4 is 0 Å². The zero-order valence-electron chi connectivity index (χ0n) is 13.9. The maximum Gasteiger partial charge on any atom is 0.0119 e. The summed E-state index contributed by atoms with van der Waals surface area (Å²) in [5.41, 5.74) is 0.773. The lowest BCUT2D eigenvalue weighted by atomic mass is 9.49. The van der Waals surface area contributed by atoms with Crippen LogP contribution in [-0.4, -0.2) is 37.1 Å². The lowest BCUT2D eigenvalue weighted by Gasteiger charge is -2.57. The van der Waals surface area contributed by atoms with Gasteiger partial charge in [-0.05, 0) is 107 Å². The molecule has 2 heteroatoms. The highest BCUT2D eigenvalue weighted by atomic mass is 15.2. The van der Waals surface area contributed by atoms with E-state index in [0.29, 0.717) is 0 Å². The van der Waals surface area contributed by atoms with E-state index < -0.39 is 0 Å². The SMILES string of the molecule is CCN(CCC12CC3CC(CC(C3)C1)C2)C1CCNCC1. The largest absolute Gasteiger partial charge is 0.317 e. The van der Waals surface area contributed by atoms with Crippen LogP contribution in [0.3, 0.4) is 0 Å². The molecular formula is C19H34N2. The average Bonchev–Trinajstić information content (AvgIpc) is 2.47. The van der Waals surface area contributed by atoms with Gasteiger partial charge in [0.05, 0.1) is 0 Å². The molecule has 5 rings (SSSR count). The van der Waals surface area contributed by atoms with Crippen molar-refractivity contribution < 1.29 is 0 Å². The van der Waals surface area contributed by atoms with E-state index in [2.05, 4.69) is 17.1 Å². The summed E-state index contributed by atoms with van der Waals surface area (Å²) in [4.78, 5) is 2.82. The molecule has 5 aliphatic rings. The minimum absolute atomic E-state index is 0.773. The summed E-state index contributed by atoms with van der Waals surface area (Å²) in [6.45, 7) is 7.49. The average molecular weight is 290 g/mol. The molecule has 0 unspecified atom stereocenters. The monoisotopic (exact) mass is 290 g/mol. The van der Waals surface area contributed by atoms with Gasteiger partial charge in [-0.1, -0.05) is 6.92 Å². The first kappa shape index (κ1) is 14.5. The van der Waals surface area contributed by atoms with Crippen LogP contribution in [0.5, 0.6) is 0 Å². The summed E-state index contributed by atoms with van der Waals surface area (Å²) in [6, 6.07) is 0.866. The quantitative estimate of drug-likeness (QED) is 0.831. The summed E-state index contributed by atoms with van der Waals surface area (Å²) < 4.78 is 0. The highest BCUT2D eigenvalue weighted by molar-refractivity contribution is 5.01. The molecule has 4 saturated carbocycles. The molecule has 4 bridgehead atoms. The number of piperidine rings is 1. The Morgan fingerprint density at radius 1 is 0.952 bits per heavy atom. The van der Waals surface area contributed by atoms with E-state index in [4.69, 9.17) is 0 Å². The number of hydrogen-bond donors (Lipinski definition) is 1. The van der Waals surface area contributed by atoms with E-state index in [0.717, 1.165) is 29.2 Å². The van der Waals surface area contributed by atoms with Gasteiger partial charge in [0.25, 0.3) is 0 Å². The van der Waals surface area contributed by atoms with E-state index in [1.54, 1.807) is 38.5 Å². The van der Waals surface area contributed by atoms with Crippen LogP contribution in [-0.2, 0) is 0 Å². The highest BCUT2D eigenvalue weighted by Crippen LogP contribution is 2.61. The van der Waals surface area contributed by atoms with Gasteiger partial charge in [0.15, 0.2) is 0 Å². The van der Waals surface area contributed by atoms with Gasteiger partial charge in [-0.15, -0.1) is 0 Å². The second-order valence-corrected chi connectivity index (χ2v) is 8.78. The second kappa shape index (κ2) is 5.85. The van der Waals surface area contributed by atoms with Crippen molar-refractivity contribution in [3.63, 3.8) is 0 Å². The Morgan fingerprint density at radius 2 is 1.52 bits per heavy atom. The van der Waals surface area contributed by atoms with Crippen LogP contribution in [0.2, 0.25) is 0 Å². The topological polar surface area (TPSA) is 15.3 Å². The van der Waals surface area contributed by atoms with Crippen LogP contribution >= 0.6 is 0 Å². The molecule has 5 fully saturated rings. The summed E-state index contributed by atoms with van der Waals surface area (Å²) in [5.74, 6) is 3.35. The predicted octanol–water partition coefficient (Wildman–Crippen LogP) is 3.67. The van der Waals surface area contributed by atoms with Crippen molar-refractivity contribution in [2.75, 3.05) is 26.2 Å². The Bertz CT molecular complexity index is 323. The molecule has 0 spiro atoms. The second-order valence-electron chi connectivity index (χ2n) is 8.78. The van der Waals surface area contributed by atoms with Gasteiger partial charge >= 0.3 is 0 Å². The maximum atomic E-state index is 3.52. The standard InChI is InChI=1S/C19H34N2/c1-2-21(18-3-6-20-7-4-18)8-5-19-12-15-9-16(13-19)11-17(10-15)14-19/h15-18,20H,2-14H2,1H3. The van der Waals surface area contributed by atoms with Gasteiger partial charge < -0.3 is 10.2 Å². The van der Waals surface area contributed by atoms with Crippen molar-refractivity contribution in [1.29, 1.82) is 0 Å². The molecular weight excluding hydrogens is 256 g/mol. The minimum Gasteiger partial charge on any atom is -0.317 e. The molecule has 0 atom stereocenters. The fourth-order valence-corrected chi connectivity index (χ4v) is 6.75. The van der Waals surface area contributed by atoms with Crippen molar-refractivity contribution in [1.82, 2.24) is 10.2 Å². The van der Waals surface area contributed by atoms with Crippen LogP contribution in [0.15, 0.2) is 0 Å². The normalized spacial score (nSPS) is 42.9. The summed E-state index contributed by atoms with van der Waals surface area (Å²) >= 11 is 0. The zero-order chi connectivity index (χ0) is 14.3. The smallest absolute Gasteiger partial charge is 0.0119 e. The molecule has 0 amide bonds. The Morgan fingerprint density at radius 3 is 2.05 bits per heavy atom. The van der Waals surface area contributed by atoms with Gasteiger partial charge in [-0.25, -0.2) is 0 Å². The Balaban J connectivity index is 1.37. The van der Waals surface area contributed by atoms with Crippen LogP contribution in [0.1, 0.15) is 64.7 Å². The van der Waals surface area contributed by atoms with Gasteiger partial charge in [0.1, 0.15) is 0 Å². The minimum atomic E-state index is 0.773. The maximum absolute atomic E-state index is 3.52. The van der Waals surface area contributed by atoms with Gasteiger partial charge in [0, 0.05) is 6.04 Å². The third-order valence-electron chi connectivity index (χ3n) is 7.33. The number of rotatable bonds is 5. The Labute approximate surface area is 131 Å². The van der Waals surface area contributed by atoms with Crippen molar-refractivity contribution in [2.24, 2.45) is 23.2 Å². The Hall–Kier alpha value is -0.0800. The molecule has 1 saturated heterocycles. The lowest BCUT2D eigenvalue weighted by Crippen LogP contribution is -2.49. The molecule has 4 aliphatic carbocycles. The van der Waals surface area contributed by atoms with Gasteiger partial charge in [-0.3, -0.25) is 0 Å². The molecule has 1 aliphatic heterocycles. The molecule has 0 aromatic heterocycles. The third kappa shape index (κ3) is 2.91. The molecule has 0 aromatic carbocycles. The number of nitrogens with zero attached hydrogens (tertiary/aromatic N) is 1. The predicted molar refractivity (Wildman–Crippen MR) is 88.4 cm³/mol. The Kier molecular flexibility index (Phi) is 4.04. The van der Waals surface area contributed by atoms with Gasteiger partial charge in [-0.2, -0.15) is 0 Å². The molecule has 120 valence electrons. The molecule has 2 nitrogen and oxygen atoms in total. The first-order valence-electron chi connectivity index (χ1n) is 9.71. The molecule has 1 heterocycles. The van der Waals surface area contributed by atoms with Crippen LogP contribution < -0.4 is 5.32 Å². The van der Waals surface area contributed by atoms with Gasteiger partial charge in [0.2, 0.25) is 0 Å². The van der Waals surface area contributed by atoms with E-state index in [1.165, 1.54) is 45.4 Å². The first-order chi connectivity index (χ1) is 10.3. The van der Waals surface area contributed by atoms with Crippen molar-refractivity contribution in [3.05, 3.63) is 0 Å². The number of nitrogens with one attached hydrogen (secondary N) is 1. The fourth-order valence-electron chi connectivity index (χ4n) is 6.75. The third-order valence-corrected chi connectivity index (χ3v) is 7.33. The lowest BCUT2D eigenvalue weighted by molar-refractivity contribution is -0.0626. The van der Waals surface area contributed by atoms with Crippen LogP contribution in [0.25, 0.3) is 0 Å². The zero-order valence-corrected chi connectivity index (χ0v) is 13.9. The van der Waals surface area contributed by atoms with E-state index in [-0.39, 0.29) is 0 Å². The number of hydrogen-bond acceptors (Lipinski definition) is 2. The summed E-state index contributed by atoms with van der Waals surface area (Å²) in [7, 11) is 0. The van der Waals surface area contributed by atoms with Crippen LogP contribution in [0.4, 0.5) is 0 Å². The molecule has 1 N–H and O–H groups in total. The highest BCUT2D eigenvalue weighted by Gasteiger charge is 2.50. The van der Waals surface area contributed by atoms with Crippen molar-refractivity contribution in [3.8, 4) is 0 Å². The first-order valence-corrected chi connectivity index (χ1v) is 9.71. The van der Waals surface area contributed by atoms with Crippen molar-refractivity contribution in [2.45, 2.75) is 70.8 Å². The summed E-state index contributed by atoms with van der Waals surface area (Å²) in [5, 5.41) is 3.52. The molecule has 0 radical (unpaired) electrons. The fraction of sp³-hybridized carbons (Fsp3) is 1.00. The summed E-state index contributed by atoms with van der Waals surface area (Å²) in [6.07, 6.45) is 13.8.